The second-order valence-corrected chi connectivity index (χ2v) is 5.94. The smallest absolute Gasteiger partial charge is 0.127 e. The Balaban J connectivity index is 2.19. The van der Waals surface area contributed by atoms with Gasteiger partial charge in [-0.05, 0) is 12.3 Å². The van der Waals surface area contributed by atoms with Gasteiger partial charge in [0, 0.05) is 29.5 Å². The van der Waals surface area contributed by atoms with Crippen LogP contribution in [0.1, 0.15) is 39.0 Å². The maximum absolute atomic E-state index is 5.13. The zero-order valence-corrected chi connectivity index (χ0v) is 9.79. The Bertz CT molecular complexity index is 404. The summed E-state index contributed by atoms with van der Waals surface area (Å²) in [6.07, 6.45) is 2.88. The topological polar surface area (TPSA) is 38.1 Å². The summed E-state index contributed by atoms with van der Waals surface area (Å²) < 4.78 is 5.13. The number of fused-ring (bicyclic) bond motifs is 3. The fourth-order valence-corrected chi connectivity index (χ4v) is 3.92. The van der Waals surface area contributed by atoms with E-state index in [-0.39, 0.29) is 10.8 Å². The third-order valence-electron chi connectivity index (χ3n) is 4.41. The van der Waals surface area contributed by atoms with Crippen LogP contribution in [0, 0.1) is 5.41 Å². The molecule has 0 saturated carbocycles. The number of hydrogen-bond acceptors (Lipinski definition) is 3. The first-order valence-electron chi connectivity index (χ1n) is 5.67. The lowest BCUT2D eigenvalue weighted by atomic mass is 9.53. The monoisotopic (exact) mass is 206 g/mol. The minimum Gasteiger partial charge on any atom is -0.364 e. The van der Waals surface area contributed by atoms with Crippen molar-refractivity contribution in [3.8, 4) is 0 Å². The second kappa shape index (κ2) is 2.46. The van der Waals surface area contributed by atoms with E-state index in [9.17, 15) is 0 Å². The van der Waals surface area contributed by atoms with Crippen molar-refractivity contribution >= 4 is 0 Å². The largest absolute Gasteiger partial charge is 0.364 e. The number of aromatic nitrogens is 1. The van der Waals surface area contributed by atoms with Crippen molar-refractivity contribution < 1.29 is 4.52 Å². The summed E-state index contributed by atoms with van der Waals surface area (Å²) in [6, 6.07) is 1.07. The molecule has 0 aromatic carbocycles. The summed E-state index contributed by atoms with van der Waals surface area (Å²) in [5.74, 6) is 0. The molecule has 2 heterocycles. The highest BCUT2D eigenvalue weighted by atomic mass is 16.5. The first-order chi connectivity index (χ1) is 6.98. The first kappa shape index (κ1) is 9.40. The van der Waals surface area contributed by atoms with Crippen LogP contribution in [0.3, 0.4) is 0 Å². The van der Waals surface area contributed by atoms with Gasteiger partial charge in [0.2, 0.25) is 0 Å². The maximum Gasteiger partial charge on any atom is 0.127 e. The molecule has 1 fully saturated rings. The van der Waals surface area contributed by atoms with Crippen LogP contribution in [0.25, 0.3) is 0 Å². The van der Waals surface area contributed by atoms with Gasteiger partial charge in [-0.2, -0.15) is 0 Å². The van der Waals surface area contributed by atoms with Gasteiger partial charge in [-0.25, -0.2) is 0 Å². The Hall–Kier alpha value is -0.830. The third kappa shape index (κ3) is 0.842. The van der Waals surface area contributed by atoms with Gasteiger partial charge in [0.25, 0.3) is 0 Å². The van der Waals surface area contributed by atoms with Gasteiger partial charge in [0.05, 0.1) is 5.69 Å². The van der Waals surface area contributed by atoms with Gasteiger partial charge < -0.3 is 9.84 Å². The molecule has 3 rings (SSSR count). The number of nitrogens with one attached hydrogen (secondary N) is 1. The van der Waals surface area contributed by atoms with Crippen molar-refractivity contribution in [3.63, 3.8) is 0 Å². The van der Waals surface area contributed by atoms with Gasteiger partial charge >= 0.3 is 0 Å². The van der Waals surface area contributed by atoms with E-state index in [1.165, 1.54) is 5.56 Å². The molecule has 0 amide bonds. The fraction of sp³-hybridized carbons (Fsp3) is 0.750. The van der Waals surface area contributed by atoms with Crippen LogP contribution >= 0.6 is 0 Å². The molecule has 1 aliphatic carbocycles. The lowest BCUT2D eigenvalue weighted by Crippen LogP contribution is -2.74. The summed E-state index contributed by atoms with van der Waals surface area (Å²) in [5.41, 5.74) is 2.97. The number of hydrogen-bond donors (Lipinski definition) is 1. The molecule has 3 nitrogen and oxygen atoms in total. The van der Waals surface area contributed by atoms with Crippen molar-refractivity contribution in [2.75, 3.05) is 0 Å². The van der Waals surface area contributed by atoms with Crippen molar-refractivity contribution in [2.24, 2.45) is 5.41 Å². The van der Waals surface area contributed by atoms with Crippen molar-refractivity contribution in [3.05, 3.63) is 17.5 Å². The highest BCUT2D eigenvalue weighted by molar-refractivity contribution is 5.45. The summed E-state index contributed by atoms with van der Waals surface area (Å²) in [7, 11) is 0. The first-order valence-corrected chi connectivity index (χ1v) is 5.67. The van der Waals surface area contributed by atoms with E-state index < -0.39 is 0 Å². The van der Waals surface area contributed by atoms with Gasteiger partial charge in [-0.3, -0.25) is 0 Å². The predicted octanol–water partition coefficient (Wildman–Crippen LogP) is 1.87. The molecule has 82 valence electrons. The van der Waals surface area contributed by atoms with Crippen LogP contribution in [0.4, 0.5) is 0 Å². The molecule has 1 aromatic rings. The third-order valence-corrected chi connectivity index (χ3v) is 4.41. The van der Waals surface area contributed by atoms with Crippen LogP contribution in [0.5, 0.6) is 0 Å². The van der Waals surface area contributed by atoms with E-state index in [1.54, 1.807) is 0 Å². The molecule has 0 spiro atoms. The summed E-state index contributed by atoms with van der Waals surface area (Å²) >= 11 is 0. The predicted molar refractivity (Wildman–Crippen MR) is 57.7 cm³/mol. The van der Waals surface area contributed by atoms with Crippen LogP contribution < -0.4 is 5.32 Å². The highest BCUT2D eigenvalue weighted by Gasteiger charge is 2.64. The molecule has 1 aromatic heterocycles. The van der Waals surface area contributed by atoms with E-state index in [1.807, 2.05) is 6.26 Å². The molecule has 1 aliphatic heterocycles. The van der Waals surface area contributed by atoms with Crippen molar-refractivity contribution in [2.45, 2.75) is 51.6 Å². The maximum atomic E-state index is 5.13. The van der Waals surface area contributed by atoms with E-state index in [0.717, 1.165) is 12.1 Å². The molecule has 1 N–H and O–H groups in total. The molecule has 0 bridgehead atoms. The quantitative estimate of drug-likeness (QED) is 0.704. The van der Waals surface area contributed by atoms with Crippen LogP contribution in [0.2, 0.25) is 0 Å². The number of rotatable bonds is 0. The molecule has 2 aliphatic rings. The Morgan fingerprint density at radius 3 is 2.87 bits per heavy atom. The van der Waals surface area contributed by atoms with Gasteiger partial charge in [0.15, 0.2) is 0 Å². The Labute approximate surface area is 90.2 Å². The SMILES string of the molecule is CC1N[C@@H]2Cc3nocc3C12C(C)(C)C. The average molecular weight is 206 g/mol. The Morgan fingerprint density at radius 1 is 1.53 bits per heavy atom. The van der Waals surface area contributed by atoms with Crippen LogP contribution in [-0.4, -0.2) is 17.2 Å². The zero-order chi connectivity index (χ0) is 10.8. The van der Waals surface area contributed by atoms with Gasteiger partial charge in [-0.15, -0.1) is 0 Å². The number of nitrogens with zero attached hydrogens (tertiary/aromatic N) is 1. The average Bonchev–Trinajstić information content (AvgIpc) is 2.57. The molecular formula is C12H18N2O. The zero-order valence-electron chi connectivity index (χ0n) is 9.79. The second-order valence-electron chi connectivity index (χ2n) is 5.94. The minimum atomic E-state index is 0.225. The van der Waals surface area contributed by atoms with Crippen molar-refractivity contribution in [1.82, 2.24) is 10.5 Å². The molecule has 3 atom stereocenters. The Morgan fingerprint density at radius 2 is 2.27 bits per heavy atom. The standard InChI is InChI=1S/C12H18N2O/c1-7-12(11(2,3)4)8-6-15-14-9(8)5-10(12)13-7/h6-7,10,13H,5H2,1-4H3/t7?,10-,12?/m1/s1. The fourth-order valence-electron chi connectivity index (χ4n) is 3.92. The minimum absolute atomic E-state index is 0.225. The van der Waals surface area contributed by atoms with E-state index in [2.05, 4.69) is 38.2 Å². The van der Waals surface area contributed by atoms with E-state index in [0.29, 0.717) is 12.1 Å². The molecular weight excluding hydrogens is 188 g/mol. The summed E-state index contributed by atoms with van der Waals surface area (Å²) in [5, 5.41) is 7.72. The summed E-state index contributed by atoms with van der Waals surface area (Å²) in [6.45, 7) is 9.22. The molecule has 3 heteroatoms. The normalized spacial score (nSPS) is 38.4. The van der Waals surface area contributed by atoms with Gasteiger partial charge in [0.1, 0.15) is 6.26 Å². The molecule has 15 heavy (non-hydrogen) atoms. The molecule has 2 unspecified atom stereocenters. The van der Waals surface area contributed by atoms with Gasteiger partial charge in [-0.1, -0.05) is 25.9 Å². The highest BCUT2D eigenvalue weighted by Crippen LogP contribution is 2.57. The Kier molecular flexibility index (Phi) is 1.54. The van der Waals surface area contributed by atoms with E-state index >= 15 is 0 Å². The molecule has 1 saturated heterocycles. The van der Waals surface area contributed by atoms with Crippen LogP contribution in [-0.2, 0) is 11.8 Å². The lowest BCUT2D eigenvalue weighted by molar-refractivity contribution is 0.0116. The van der Waals surface area contributed by atoms with Crippen molar-refractivity contribution in [1.29, 1.82) is 0 Å². The lowest BCUT2D eigenvalue weighted by Gasteiger charge is -2.59. The summed E-state index contributed by atoms with van der Waals surface area (Å²) in [4.78, 5) is 0. The molecule has 0 radical (unpaired) electrons. The van der Waals surface area contributed by atoms with E-state index in [4.69, 9.17) is 4.52 Å². The van der Waals surface area contributed by atoms with Crippen LogP contribution in [0.15, 0.2) is 10.8 Å².